The van der Waals surface area contributed by atoms with E-state index < -0.39 is 0 Å². The van der Waals surface area contributed by atoms with Crippen molar-refractivity contribution in [2.45, 2.75) is 96.3 Å². The number of fused-ring (bicyclic) bond motifs is 1. The largest absolute Gasteiger partial charge is 0.494 e. The second kappa shape index (κ2) is 10.5. The average Bonchev–Trinajstić information content (AvgIpc) is 2.80. The van der Waals surface area contributed by atoms with Gasteiger partial charge in [0.2, 0.25) is 0 Å². The van der Waals surface area contributed by atoms with Gasteiger partial charge in [-0.3, -0.25) is 0 Å². The first-order valence-corrected chi connectivity index (χ1v) is 12.6. The van der Waals surface area contributed by atoms with Crippen LogP contribution >= 0.6 is 0 Å². The molecule has 2 aromatic carbocycles. The Morgan fingerprint density at radius 1 is 0.767 bits per heavy atom. The maximum atomic E-state index is 5.91. The number of hydrogen-bond acceptors (Lipinski definition) is 1. The minimum absolute atomic E-state index is 0.665. The van der Waals surface area contributed by atoms with Gasteiger partial charge in [0.25, 0.3) is 0 Å². The maximum absolute atomic E-state index is 5.91. The van der Waals surface area contributed by atoms with Gasteiger partial charge >= 0.3 is 0 Å². The third-order valence-electron chi connectivity index (χ3n) is 7.60. The van der Waals surface area contributed by atoms with Crippen molar-refractivity contribution in [1.82, 2.24) is 0 Å². The quantitative estimate of drug-likeness (QED) is 0.403. The van der Waals surface area contributed by atoms with E-state index >= 15 is 0 Å². The van der Waals surface area contributed by atoms with Crippen molar-refractivity contribution in [3.05, 3.63) is 64.7 Å². The fourth-order valence-corrected chi connectivity index (χ4v) is 5.67. The van der Waals surface area contributed by atoms with Crippen LogP contribution in [0.4, 0.5) is 0 Å². The molecule has 0 aliphatic heterocycles. The van der Waals surface area contributed by atoms with E-state index in [9.17, 15) is 0 Å². The van der Waals surface area contributed by atoms with Gasteiger partial charge in [0.15, 0.2) is 0 Å². The van der Waals surface area contributed by atoms with Crippen molar-refractivity contribution in [3.63, 3.8) is 0 Å². The molecule has 2 aromatic rings. The lowest BCUT2D eigenvalue weighted by atomic mass is 9.76. The Morgan fingerprint density at radius 3 is 2.20 bits per heavy atom. The molecule has 0 radical (unpaired) electrons. The molecule has 0 spiro atoms. The molecule has 0 bridgehead atoms. The van der Waals surface area contributed by atoms with Crippen LogP contribution in [0.1, 0.15) is 106 Å². The Kier molecular flexibility index (Phi) is 7.52. The highest BCUT2D eigenvalue weighted by molar-refractivity contribution is 5.40. The molecule has 0 saturated heterocycles. The number of aryl methyl sites for hydroxylation is 1. The molecule has 2 aliphatic rings. The van der Waals surface area contributed by atoms with E-state index in [2.05, 4.69) is 56.3 Å². The molecule has 1 fully saturated rings. The second-order valence-electron chi connectivity index (χ2n) is 9.75. The Balaban J connectivity index is 1.34. The molecular formula is C29H40O. The van der Waals surface area contributed by atoms with Crippen molar-refractivity contribution in [2.75, 3.05) is 6.61 Å². The maximum Gasteiger partial charge on any atom is 0.119 e. The van der Waals surface area contributed by atoms with E-state index in [1.807, 2.05) is 0 Å². The number of ether oxygens (including phenoxy) is 1. The van der Waals surface area contributed by atoms with Crippen molar-refractivity contribution < 1.29 is 4.74 Å². The van der Waals surface area contributed by atoms with E-state index in [4.69, 9.17) is 4.74 Å². The molecule has 4 rings (SSSR count). The standard InChI is InChI=1S/C29H40O/c1-3-5-19-30-29-18-17-27-20-26(15-16-28(27)21-29)25-13-11-24(12-14-25)23-9-7-22(6-4-2)8-10-23/h11-14,17-18,21-23,26H,3-10,15-16,19-20H2,1-2H3. The molecule has 2 aliphatic carbocycles. The van der Waals surface area contributed by atoms with Crippen molar-refractivity contribution in [3.8, 4) is 5.75 Å². The van der Waals surface area contributed by atoms with E-state index in [0.717, 1.165) is 30.6 Å². The first-order valence-electron chi connectivity index (χ1n) is 12.6. The van der Waals surface area contributed by atoms with Gasteiger partial charge in [-0.15, -0.1) is 0 Å². The van der Waals surface area contributed by atoms with Crippen LogP contribution in [0.3, 0.4) is 0 Å². The van der Waals surface area contributed by atoms with E-state index in [1.54, 1.807) is 5.56 Å². The van der Waals surface area contributed by atoms with Gasteiger partial charge in [-0.2, -0.15) is 0 Å². The molecule has 0 aromatic heterocycles. The van der Waals surface area contributed by atoms with E-state index in [0.29, 0.717) is 5.92 Å². The molecule has 30 heavy (non-hydrogen) atoms. The van der Waals surface area contributed by atoms with E-state index in [-0.39, 0.29) is 0 Å². The van der Waals surface area contributed by atoms with Crippen LogP contribution in [0.2, 0.25) is 0 Å². The summed E-state index contributed by atoms with van der Waals surface area (Å²) in [6.45, 7) is 5.38. The summed E-state index contributed by atoms with van der Waals surface area (Å²) >= 11 is 0. The van der Waals surface area contributed by atoms with Gasteiger partial charge in [-0.05, 0) is 104 Å². The molecule has 1 heteroatoms. The van der Waals surface area contributed by atoms with Gasteiger partial charge in [0, 0.05) is 0 Å². The second-order valence-corrected chi connectivity index (χ2v) is 9.75. The van der Waals surface area contributed by atoms with Crippen molar-refractivity contribution in [1.29, 1.82) is 0 Å². The molecule has 162 valence electrons. The summed E-state index contributed by atoms with van der Waals surface area (Å²) in [5, 5.41) is 0. The SMILES string of the molecule is CCCCOc1ccc2c(c1)CCC(c1ccc(C3CCC(CCC)CC3)cc1)C2. The summed E-state index contributed by atoms with van der Waals surface area (Å²) < 4.78 is 5.91. The number of unbranched alkanes of at least 4 members (excludes halogenated alkanes) is 1. The van der Waals surface area contributed by atoms with Crippen LogP contribution < -0.4 is 4.74 Å². The van der Waals surface area contributed by atoms with Crippen LogP contribution in [0, 0.1) is 5.92 Å². The topological polar surface area (TPSA) is 9.23 Å². The van der Waals surface area contributed by atoms with Crippen LogP contribution in [0.15, 0.2) is 42.5 Å². The number of hydrogen-bond donors (Lipinski definition) is 0. The number of benzene rings is 2. The smallest absolute Gasteiger partial charge is 0.119 e. The fourth-order valence-electron chi connectivity index (χ4n) is 5.67. The Hall–Kier alpha value is -1.76. The molecule has 0 N–H and O–H groups in total. The number of rotatable bonds is 8. The third kappa shape index (κ3) is 5.29. The third-order valence-corrected chi connectivity index (χ3v) is 7.60. The van der Waals surface area contributed by atoms with Gasteiger partial charge in [0.1, 0.15) is 5.75 Å². The molecular weight excluding hydrogens is 364 g/mol. The van der Waals surface area contributed by atoms with Crippen LogP contribution in [0.5, 0.6) is 5.75 Å². The molecule has 1 saturated carbocycles. The Labute approximate surface area is 184 Å². The zero-order valence-corrected chi connectivity index (χ0v) is 19.2. The monoisotopic (exact) mass is 404 g/mol. The van der Waals surface area contributed by atoms with Crippen LogP contribution in [-0.4, -0.2) is 6.61 Å². The zero-order valence-electron chi connectivity index (χ0n) is 19.2. The highest BCUT2D eigenvalue weighted by atomic mass is 16.5. The van der Waals surface area contributed by atoms with E-state index in [1.165, 1.54) is 80.9 Å². The Bertz CT molecular complexity index is 783. The lowest BCUT2D eigenvalue weighted by Gasteiger charge is -2.29. The Morgan fingerprint density at radius 2 is 1.50 bits per heavy atom. The van der Waals surface area contributed by atoms with Crippen molar-refractivity contribution >= 4 is 0 Å². The highest BCUT2D eigenvalue weighted by Crippen LogP contribution is 2.39. The van der Waals surface area contributed by atoms with Crippen molar-refractivity contribution in [2.24, 2.45) is 5.92 Å². The lowest BCUT2D eigenvalue weighted by molar-refractivity contribution is 0.308. The zero-order chi connectivity index (χ0) is 20.8. The van der Waals surface area contributed by atoms with Gasteiger partial charge in [-0.1, -0.05) is 63.4 Å². The summed E-state index contributed by atoms with van der Waals surface area (Å²) in [5.74, 6) is 3.51. The summed E-state index contributed by atoms with van der Waals surface area (Å²) in [7, 11) is 0. The molecule has 0 heterocycles. The molecule has 0 amide bonds. The molecule has 1 nitrogen and oxygen atoms in total. The normalized spacial score (nSPS) is 23.7. The summed E-state index contributed by atoms with van der Waals surface area (Å²) in [6, 6.07) is 16.5. The molecule has 1 atom stereocenters. The highest BCUT2D eigenvalue weighted by Gasteiger charge is 2.23. The average molecular weight is 405 g/mol. The summed E-state index contributed by atoms with van der Waals surface area (Å²) in [4.78, 5) is 0. The van der Waals surface area contributed by atoms with Crippen LogP contribution in [0.25, 0.3) is 0 Å². The first-order chi connectivity index (χ1) is 14.8. The van der Waals surface area contributed by atoms with Gasteiger partial charge in [0.05, 0.1) is 6.61 Å². The minimum Gasteiger partial charge on any atom is -0.494 e. The van der Waals surface area contributed by atoms with Gasteiger partial charge < -0.3 is 4.74 Å². The summed E-state index contributed by atoms with van der Waals surface area (Å²) in [5.41, 5.74) is 6.14. The fraction of sp³-hybridized carbons (Fsp3) is 0.586. The molecule has 1 unspecified atom stereocenters. The lowest BCUT2D eigenvalue weighted by Crippen LogP contribution is -2.14. The summed E-state index contributed by atoms with van der Waals surface area (Å²) in [6.07, 6.45) is 14.4. The predicted octanol–water partition coefficient (Wildman–Crippen LogP) is 8.21. The van der Waals surface area contributed by atoms with Gasteiger partial charge in [-0.25, -0.2) is 0 Å². The predicted molar refractivity (Wildman–Crippen MR) is 128 cm³/mol. The minimum atomic E-state index is 0.665. The van der Waals surface area contributed by atoms with Crippen LogP contribution in [-0.2, 0) is 12.8 Å². The first kappa shape index (κ1) is 21.5.